The summed E-state index contributed by atoms with van der Waals surface area (Å²) in [6.45, 7) is 0. The van der Waals surface area contributed by atoms with E-state index in [0.717, 1.165) is 0 Å². The number of aryl methyl sites for hydroxylation is 1. The van der Waals surface area contributed by atoms with E-state index in [1.807, 2.05) is 0 Å². The molecule has 106 valence electrons. The average Bonchev–Trinajstić information content (AvgIpc) is 2.84. The number of methoxy groups -OCH3 is 1. The highest BCUT2D eigenvalue weighted by Crippen LogP contribution is 2.32. The van der Waals surface area contributed by atoms with Crippen molar-refractivity contribution in [2.24, 2.45) is 7.05 Å². The van der Waals surface area contributed by atoms with Crippen LogP contribution in [0.3, 0.4) is 0 Å². The van der Waals surface area contributed by atoms with Crippen LogP contribution in [0.4, 0.5) is 5.69 Å². The smallest absolute Gasteiger partial charge is 0.333 e. The maximum atomic E-state index is 12.0. The van der Waals surface area contributed by atoms with Gasteiger partial charge < -0.3 is 10.1 Å². The van der Waals surface area contributed by atoms with E-state index >= 15 is 0 Å². The molecule has 0 aliphatic rings. The summed E-state index contributed by atoms with van der Waals surface area (Å²) >= 11 is 12.1. The van der Waals surface area contributed by atoms with Gasteiger partial charge in [-0.1, -0.05) is 35.3 Å². The number of hydrogen-bond acceptors (Lipinski definition) is 4. The minimum Gasteiger partial charge on any atom is -0.467 e. The second-order valence-corrected chi connectivity index (χ2v) is 4.93. The lowest BCUT2D eigenvalue weighted by Crippen LogP contribution is -2.22. The Morgan fingerprint density at radius 1 is 1.45 bits per heavy atom. The minimum atomic E-state index is -0.754. The van der Waals surface area contributed by atoms with Crippen molar-refractivity contribution in [1.29, 1.82) is 0 Å². The first-order chi connectivity index (χ1) is 9.52. The molecule has 2 aromatic rings. The average molecular weight is 314 g/mol. The lowest BCUT2D eigenvalue weighted by atomic mass is 10.1. The van der Waals surface area contributed by atoms with Gasteiger partial charge in [-0.05, 0) is 6.07 Å². The summed E-state index contributed by atoms with van der Waals surface area (Å²) in [5, 5.41) is 7.77. The molecule has 1 heterocycles. The molecule has 0 bridgehead atoms. The van der Waals surface area contributed by atoms with Crippen LogP contribution in [-0.2, 0) is 16.6 Å². The molecule has 0 fully saturated rings. The lowest BCUT2D eigenvalue weighted by molar-refractivity contribution is -0.141. The molecule has 0 saturated heterocycles. The van der Waals surface area contributed by atoms with Gasteiger partial charge in [0.1, 0.15) is 0 Å². The third-order valence-electron chi connectivity index (χ3n) is 2.75. The maximum absolute atomic E-state index is 12.0. The van der Waals surface area contributed by atoms with Gasteiger partial charge in [-0.15, -0.1) is 0 Å². The Hall–Kier alpha value is -1.72. The number of halogens is 2. The molecule has 0 saturated carbocycles. The van der Waals surface area contributed by atoms with Gasteiger partial charge in [-0.2, -0.15) is 5.10 Å². The van der Waals surface area contributed by atoms with Gasteiger partial charge in [0.2, 0.25) is 0 Å². The van der Waals surface area contributed by atoms with E-state index in [2.05, 4.69) is 10.4 Å². The van der Waals surface area contributed by atoms with Crippen molar-refractivity contribution in [3.63, 3.8) is 0 Å². The van der Waals surface area contributed by atoms with Crippen molar-refractivity contribution in [1.82, 2.24) is 9.78 Å². The number of anilines is 1. The Morgan fingerprint density at radius 2 is 2.20 bits per heavy atom. The fraction of sp³-hybridized carbons (Fsp3) is 0.231. The van der Waals surface area contributed by atoms with Crippen molar-refractivity contribution < 1.29 is 9.53 Å². The van der Waals surface area contributed by atoms with Crippen LogP contribution in [0.25, 0.3) is 0 Å². The highest BCUT2D eigenvalue weighted by molar-refractivity contribution is 6.42. The molecule has 5 nitrogen and oxygen atoms in total. The molecular formula is C13H13Cl2N3O2. The maximum Gasteiger partial charge on any atom is 0.333 e. The summed E-state index contributed by atoms with van der Waals surface area (Å²) in [6.07, 6.45) is 3.35. The predicted octanol–water partition coefficient (Wildman–Crippen LogP) is 3.05. The number of hydrogen-bond donors (Lipinski definition) is 1. The molecular weight excluding hydrogens is 301 g/mol. The van der Waals surface area contributed by atoms with E-state index < -0.39 is 12.0 Å². The standard InChI is InChI=1S/C13H13Cl2N3O2/c1-18-7-8(6-16-18)17-12(13(19)20-2)9-4-3-5-10(14)11(9)15/h3-7,12,17H,1-2H3. The van der Waals surface area contributed by atoms with Crippen LogP contribution in [0.2, 0.25) is 10.0 Å². The zero-order valence-corrected chi connectivity index (χ0v) is 12.4. The fourth-order valence-corrected chi connectivity index (χ4v) is 2.20. The number of nitrogens with one attached hydrogen (secondary N) is 1. The summed E-state index contributed by atoms with van der Waals surface area (Å²) in [4.78, 5) is 12.0. The molecule has 0 amide bonds. The van der Waals surface area contributed by atoms with Gasteiger partial charge in [0, 0.05) is 18.8 Å². The van der Waals surface area contributed by atoms with Crippen LogP contribution in [0.1, 0.15) is 11.6 Å². The number of carbonyl (C=O) groups excluding carboxylic acids is 1. The number of carbonyl (C=O) groups is 1. The zero-order chi connectivity index (χ0) is 14.7. The van der Waals surface area contributed by atoms with Gasteiger partial charge in [-0.3, -0.25) is 4.68 Å². The number of esters is 1. The molecule has 0 aliphatic carbocycles. The van der Waals surface area contributed by atoms with E-state index in [0.29, 0.717) is 21.3 Å². The Balaban J connectivity index is 2.37. The molecule has 1 unspecified atom stereocenters. The summed E-state index contributed by atoms with van der Waals surface area (Å²) in [6, 6.07) is 4.35. The van der Waals surface area contributed by atoms with Gasteiger partial charge in [0.05, 0.1) is 29.0 Å². The Labute approximate surface area is 126 Å². The van der Waals surface area contributed by atoms with Gasteiger partial charge in [-0.25, -0.2) is 4.79 Å². The first-order valence-corrected chi connectivity index (χ1v) is 6.55. The summed E-state index contributed by atoms with van der Waals surface area (Å²) in [7, 11) is 3.10. The van der Waals surface area contributed by atoms with Crippen molar-refractivity contribution in [3.8, 4) is 0 Å². The molecule has 0 spiro atoms. The summed E-state index contributed by atoms with van der Waals surface area (Å²) in [5.41, 5.74) is 1.23. The molecule has 2 rings (SSSR count). The first-order valence-electron chi connectivity index (χ1n) is 5.80. The Morgan fingerprint density at radius 3 is 2.80 bits per heavy atom. The van der Waals surface area contributed by atoms with Crippen LogP contribution < -0.4 is 5.32 Å². The lowest BCUT2D eigenvalue weighted by Gasteiger charge is -2.18. The quantitative estimate of drug-likeness (QED) is 0.881. The number of nitrogens with zero attached hydrogens (tertiary/aromatic N) is 2. The predicted molar refractivity (Wildman–Crippen MR) is 78.0 cm³/mol. The minimum absolute atomic E-state index is 0.320. The van der Waals surface area contributed by atoms with Crippen LogP contribution in [-0.4, -0.2) is 22.9 Å². The third-order valence-corrected chi connectivity index (χ3v) is 3.58. The Bertz CT molecular complexity index is 628. The molecule has 1 aromatic carbocycles. The first kappa shape index (κ1) is 14.7. The molecule has 1 atom stereocenters. The molecule has 1 N–H and O–H groups in total. The van der Waals surface area contributed by atoms with E-state index in [9.17, 15) is 4.79 Å². The van der Waals surface area contributed by atoms with Crippen LogP contribution in [0.5, 0.6) is 0 Å². The van der Waals surface area contributed by atoms with Gasteiger partial charge in [0.15, 0.2) is 6.04 Å². The summed E-state index contributed by atoms with van der Waals surface area (Å²) in [5.74, 6) is -0.460. The van der Waals surface area contributed by atoms with E-state index in [4.69, 9.17) is 27.9 Å². The van der Waals surface area contributed by atoms with Crippen molar-refractivity contribution in [2.45, 2.75) is 6.04 Å². The topological polar surface area (TPSA) is 56.1 Å². The second kappa shape index (κ2) is 6.15. The molecule has 20 heavy (non-hydrogen) atoms. The van der Waals surface area contributed by atoms with Gasteiger partial charge in [0.25, 0.3) is 0 Å². The molecule has 1 aromatic heterocycles. The van der Waals surface area contributed by atoms with Crippen molar-refractivity contribution in [3.05, 3.63) is 46.2 Å². The SMILES string of the molecule is COC(=O)C(Nc1cnn(C)c1)c1cccc(Cl)c1Cl. The third kappa shape index (κ3) is 3.05. The van der Waals surface area contributed by atoms with E-state index in [1.54, 1.807) is 42.3 Å². The van der Waals surface area contributed by atoms with E-state index in [1.165, 1.54) is 7.11 Å². The number of rotatable bonds is 4. The Kier molecular flexibility index (Phi) is 4.52. The monoisotopic (exact) mass is 313 g/mol. The number of aromatic nitrogens is 2. The van der Waals surface area contributed by atoms with Crippen LogP contribution in [0.15, 0.2) is 30.6 Å². The normalized spacial score (nSPS) is 12.0. The number of ether oxygens (including phenoxy) is 1. The summed E-state index contributed by atoms with van der Waals surface area (Å²) < 4.78 is 6.43. The number of benzene rings is 1. The van der Waals surface area contributed by atoms with Crippen LogP contribution >= 0.6 is 23.2 Å². The zero-order valence-electron chi connectivity index (χ0n) is 10.9. The van der Waals surface area contributed by atoms with Crippen molar-refractivity contribution >= 4 is 34.9 Å². The highest BCUT2D eigenvalue weighted by atomic mass is 35.5. The molecule has 7 heteroatoms. The highest BCUT2D eigenvalue weighted by Gasteiger charge is 2.25. The largest absolute Gasteiger partial charge is 0.467 e. The van der Waals surface area contributed by atoms with Crippen LogP contribution in [0, 0.1) is 0 Å². The molecule has 0 radical (unpaired) electrons. The fourth-order valence-electron chi connectivity index (χ4n) is 1.79. The molecule has 0 aliphatic heterocycles. The second-order valence-electron chi connectivity index (χ2n) is 4.15. The van der Waals surface area contributed by atoms with E-state index in [-0.39, 0.29) is 0 Å². The van der Waals surface area contributed by atoms with Crippen molar-refractivity contribution in [2.75, 3.05) is 12.4 Å². The van der Waals surface area contributed by atoms with Gasteiger partial charge >= 0.3 is 5.97 Å².